The van der Waals surface area contributed by atoms with Gasteiger partial charge in [0.15, 0.2) is 11.6 Å². The smallest absolute Gasteiger partial charge is 0.150 e. The second-order valence-electron chi connectivity index (χ2n) is 26.1. The molecular weight excluding hydrogens is 1160 g/mol. The van der Waals surface area contributed by atoms with Gasteiger partial charge in [-0.05, 0) is 225 Å². The van der Waals surface area contributed by atoms with Crippen LogP contribution in [0.1, 0.15) is 105 Å². The number of hydrogen-bond acceptors (Lipinski definition) is 3. The van der Waals surface area contributed by atoms with Gasteiger partial charge < -0.3 is 10.2 Å². The molecule has 0 fully saturated rings. The van der Waals surface area contributed by atoms with Gasteiger partial charge in [-0.3, -0.25) is 4.90 Å². The summed E-state index contributed by atoms with van der Waals surface area (Å²) in [6, 6.07) is 66.8. The Hall–Kier alpha value is -7.58. The highest BCUT2D eigenvalue weighted by Crippen LogP contribution is 2.48. The van der Waals surface area contributed by atoms with Gasteiger partial charge in [0.2, 0.25) is 0 Å². The molecule has 10 aromatic carbocycles. The van der Waals surface area contributed by atoms with Crippen LogP contribution in [0.3, 0.4) is 0 Å². The van der Waals surface area contributed by atoms with Gasteiger partial charge in [0, 0.05) is 8.95 Å². The van der Waals surface area contributed by atoms with Crippen molar-refractivity contribution < 1.29 is 19.0 Å². The number of phenolic OH excluding ortho intramolecular Hbond substituents is 2. The molecule has 420 valence electrons. The predicted molar refractivity (Wildman–Crippen MR) is 353 cm³/mol. The van der Waals surface area contributed by atoms with Gasteiger partial charge in [0.25, 0.3) is 0 Å². The Morgan fingerprint density at radius 3 is 0.687 bits per heavy atom. The summed E-state index contributed by atoms with van der Waals surface area (Å²) in [6.45, 7) is 26.6. The van der Waals surface area contributed by atoms with Crippen molar-refractivity contribution in [2.24, 2.45) is 0 Å². The predicted octanol–water partition coefficient (Wildman–Crippen LogP) is 23.2. The first-order chi connectivity index (χ1) is 39.1. The van der Waals surface area contributed by atoms with Crippen LogP contribution in [0.2, 0.25) is 0 Å². The molecule has 0 aliphatic rings. The molecule has 0 saturated carbocycles. The highest BCUT2D eigenvalue weighted by atomic mass is 79.9. The number of benzene rings is 10. The van der Waals surface area contributed by atoms with Gasteiger partial charge >= 0.3 is 0 Å². The summed E-state index contributed by atoms with van der Waals surface area (Å²) in [4.78, 5) is 1.21. The number of anilines is 3. The summed E-state index contributed by atoms with van der Waals surface area (Å²) in [5.74, 6) is -2.31. The number of phenols is 2. The van der Waals surface area contributed by atoms with E-state index >= 15 is 8.78 Å². The molecule has 0 radical (unpaired) electrons. The van der Waals surface area contributed by atoms with Crippen LogP contribution < -0.4 is 4.90 Å². The first-order valence-corrected chi connectivity index (χ1v) is 29.8. The van der Waals surface area contributed by atoms with Crippen molar-refractivity contribution in [3.05, 3.63) is 243 Å². The Morgan fingerprint density at radius 2 is 0.482 bits per heavy atom. The number of rotatable bonds is 10. The molecule has 0 bridgehead atoms. The molecule has 0 amide bonds. The Morgan fingerprint density at radius 1 is 0.277 bits per heavy atom. The Kier molecular flexibility index (Phi) is 15.9. The summed E-state index contributed by atoms with van der Waals surface area (Å²) < 4.78 is 36.3. The van der Waals surface area contributed by atoms with E-state index in [4.69, 9.17) is 0 Å². The number of hydrogen-bond donors (Lipinski definition) is 2. The minimum absolute atomic E-state index is 0.0307. The van der Waals surface area contributed by atoms with Gasteiger partial charge in [0.05, 0.1) is 11.4 Å². The largest absolute Gasteiger partial charge is 0.506 e. The van der Waals surface area contributed by atoms with Crippen molar-refractivity contribution in [2.45, 2.75) is 105 Å². The molecule has 10 rings (SSSR count). The monoisotopic (exact) mass is 1230 g/mol. The van der Waals surface area contributed by atoms with E-state index in [1.807, 2.05) is 12.1 Å². The molecule has 3 nitrogen and oxygen atoms in total. The maximum Gasteiger partial charge on any atom is 0.150 e. The molecule has 0 aliphatic heterocycles. The number of halogens is 4. The fraction of sp³-hybridized carbons (Fsp3) is 0.211. The molecule has 0 aromatic heterocycles. The van der Waals surface area contributed by atoms with Crippen LogP contribution in [-0.2, 0) is 21.7 Å². The van der Waals surface area contributed by atoms with E-state index in [0.29, 0.717) is 20.1 Å². The average Bonchev–Trinajstić information content (AvgIpc) is 3.51. The Balaban J connectivity index is 1.23. The third-order valence-electron chi connectivity index (χ3n) is 15.7. The summed E-state index contributed by atoms with van der Waals surface area (Å²) in [7, 11) is 0. The zero-order chi connectivity index (χ0) is 59.5. The zero-order valence-corrected chi connectivity index (χ0v) is 52.6. The van der Waals surface area contributed by atoms with E-state index in [1.54, 1.807) is 24.3 Å². The van der Waals surface area contributed by atoms with Crippen LogP contribution in [0.25, 0.3) is 77.9 Å². The summed E-state index contributed by atoms with van der Waals surface area (Å²) >= 11 is 6.82. The lowest BCUT2D eigenvalue weighted by Gasteiger charge is -2.28. The minimum atomic E-state index is -0.903. The minimum Gasteiger partial charge on any atom is -0.506 e. The Labute approximate surface area is 506 Å². The fourth-order valence-corrected chi connectivity index (χ4v) is 11.4. The molecule has 0 aliphatic carbocycles. The lowest BCUT2D eigenvalue weighted by Crippen LogP contribution is -2.14. The molecule has 2 N–H and O–H groups in total. The van der Waals surface area contributed by atoms with Crippen LogP contribution in [0.5, 0.6) is 11.5 Å². The SMILES string of the molecule is CC(C)(C)c1ccc(-c2cc(-c3ccc(C(C)(C)C)cc3)cc(-c3cc(-c4cc(-c5ccc(C(C)(C)C)cc5)cc(-c5ccc(C(C)(C)C)cc5)c4)cc(-c4cc(F)c(N(c5ccc(Br)cc5O)c5ccc(Br)cc5O)c(F)c4)c3)c2)cc1. The first kappa shape index (κ1) is 58.6. The number of aromatic hydroxyl groups is 2. The molecule has 0 spiro atoms. The quantitative estimate of drug-likeness (QED) is 0.143. The molecule has 0 saturated heterocycles. The van der Waals surface area contributed by atoms with Crippen molar-refractivity contribution in [1.29, 1.82) is 0 Å². The van der Waals surface area contributed by atoms with E-state index in [2.05, 4.69) is 254 Å². The molecule has 10 aromatic rings. The van der Waals surface area contributed by atoms with Gasteiger partial charge in [-0.15, -0.1) is 0 Å². The lowest BCUT2D eigenvalue weighted by molar-refractivity contribution is 0.471. The molecule has 0 atom stereocenters. The summed E-state index contributed by atoms with van der Waals surface area (Å²) in [5, 5.41) is 22.7. The molecule has 0 heterocycles. The summed E-state index contributed by atoms with van der Waals surface area (Å²) in [5.41, 5.74) is 17.3. The molecule has 7 heteroatoms. The maximum atomic E-state index is 17.6. The van der Waals surface area contributed by atoms with Crippen LogP contribution in [0.15, 0.2) is 209 Å². The Bertz CT molecular complexity index is 3640. The molecule has 83 heavy (non-hydrogen) atoms. The van der Waals surface area contributed by atoms with Gasteiger partial charge in [-0.1, -0.05) is 212 Å². The average molecular weight is 1230 g/mol. The first-order valence-electron chi connectivity index (χ1n) is 28.2. The van der Waals surface area contributed by atoms with Crippen LogP contribution in [0.4, 0.5) is 25.8 Å². The zero-order valence-electron chi connectivity index (χ0n) is 49.4. The van der Waals surface area contributed by atoms with E-state index in [1.165, 1.54) is 51.4 Å². The normalized spacial score (nSPS) is 12.2. The maximum absolute atomic E-state index is 17.6. The van der Waals surface area contributed by atoms with Crippen molar-refractivity contribution in [3.63, 3.8) is 0 Å². The second kappa shape index (κ2) is 22.5. The summed E-state index contributed by atoms with van der Waals surface area (Å²) in [6.07, 6.45) is 0. The van der Waals surface area contributed by atoms with Crippen molar-refractivity contribution >= 4 is 48.9 Å². The van der Waals surface area contributed by atoms with Gasteiger partial charge in [-0.2, -0.15) is 0 Å². The van der Waals surface area contributed by atoms with Crippen molar-refractivity contribution in [1.82, 2.24) is 0 Å². The van der Waals surface area contributed by atoms with E-state index in [-0.39, 0.29) is 44.5 Å². The highest BCUT2D eigenvalue weighted by Gasteiger charge is 2.28. The van der Waals surface area contributed by atoms with Crippen molar-refractivity contribution in [2.75, 3.05) is 4.90 Å². The fourth-order valence-electron chi connectivity index (χ4n) is 10.7. The standard InChI is InChI=1S/C76H71Br2F2NO2/c1-73(2,3)60-21-13-46(14-22-60)50-33-51(47-15-23-61(24-16-47)74(4,5)6)36-54(35-50)56-39-57(55-37-52(48-17-25-62(26-18-48)75(7,8)9)34-53(38-55)49-19-27-63(28-20-49)76(10,11)12)41-58(40-56)59-42-66(79)72(67(80)43-59)81(68-31-29-64(77)44-70(68)82)69-32-30-65(78)45-71(69)83/h13-45,82-83H,1-12H3. The van der Waals surface area contributed by atoms with Crippen LogP contribution in [-0.4, -0.2) is 10.2 Å². The molecule has 0 unspecified atom stereocenters. The molecular formula is C76H71Br2F2NO2. The lowest BCUT2D eigenvalue weighted by atomic mass is 9.84. The van der Waals surface area contributed by atoms with Gasteiger partial charge in [0.1, 0.15) is 17.2 Å². The van der Waals surface area contributed by atoms with E-state index in [0.717, 1.165) is 66.8 Å². The third kappa shape index (κ3) is 12.8. The van der Waals surface area contributed by atoms with E-state index in [9.17, 15) is 10.2 Å². The van der Waals surface area contributed by atoms with Crippen LogP contribution in [0, 0.1) is 11.6 Å². The second-order valence-corrected chi connectivity index (χ2v) is 27.9. The topological polar surface area (TPSA) is 43.7 Å². The van der Waals surface area contributed by atoms with Crippen molar-refractivity contribution in [3.8, 4) is 89.4 Å². The number of nitrogens with zero attached hydrogens (tertiary/aromatic N) is 1. The van der Waals surface area contributed by atoms with Gasteiger partial charge in [-0.25, -0.2) is 8.78 Å². The highest BCUT2D eigenvalue weighted by molar-refractivity contribution is 9.10. The third-order valence-corrected chi connectivity index (χ3v) is 16.7. The van der Waals surface area contributed by atoms with E-state index < -0.39 is 17.3 Å². The van der Waals surface area contributed by atoms with Crippen LogP contribution >= 0.6 is 31.9 Å².